The lowest BCUT2D eigenvalue weighted by molar-refractivity contribution is -0.144. The predicted octanol–water partition coefficient (Wildman–Crippen LogP) is 5.19. The van der Waals surface area contributed by atoms with E-state index in [4.69, 9.17) is 0 Å². The molecule has 2 aromatic rings. The number of piperidine rings is 1. The van der Waals surface area contributed by atoms with E-state index in [2.05, 4.69) is 10.3 Å². The molecule has 28 heavy (non-hydrogen) atoms. The Bertz CT molecular complexity index is 838. The van der Waals surface area contributed by atoms with Crippen LogP contribution < -0.4 is 5.32 Å². The Morgan fingerprint density at radius 1 is 1.36 bits per heavy atom. The average molecular weight is 394 g/mol. The van der Waals surface area contributed by atoms with Crippen molar-refractivity contribution in [3.8, 4) is 0 Å². The number of hydrogen-bond acceptors (Lipinski definition) is 3. The molecule has 3 rings (SSSR count). The Morgan fingerprint density at radius 3 is 2.79 bits per heavy atom. The second kappa shape index (κ2) is 8.47. The molecule has 0 saturated carbocycles. The normalized spacial score (nSPS) is 21.6. The van der Waals surface area contributed by atoms with Gasteiger partial charge >= 0.3 is 12.1 Å². The van der Waals surface area contributed by atoms with Crippen molar-refractivity contribution in [3.63, 3.8) is 0 Å². The van der Waals surface area contributed by atoms with E-state index >= 15 is 0 Å². The number of aromatic nitrogens is 1. The summed E-state index contributed by atoms with van der Waals surface area (Å²) in [5.74, 6) is -1.36. The summed E-state index contributed by atoms with van der Waals surface area (Å²) in [6, 6.07) is 6.98. The first kappa shape index (κ1) is 20.6. The molecule has 2 heterocycles. The number of para-hydroxylation sites is 1. The molecule has 3 atom stereocenters. The molecule has 152 valence electrons. The number of pyridine rings is 1. The van der Waals surface area contributed by atoms with Gasteiger partial charge in [-0.3, -0.25) is 9.78 Å². The Kier molecular flexibility index (Phi) is 6.23. The number of carboxylic acid groups (broad SMARTS) is 1. The lowest BCUT2D eigenvalue weighted by atomic mass is 9.78. The van der Waals surface area contributed by atoms with Crippen LogP contribution in [0.4, 0.5) is 13.2 Å². The maximum atomic E-state index is 13.6. The second-order valence-corrected chi connectivity index (χ2v) is 7.49. The van der Waals surface area contributed by atoms with Crippen LogP contribution in [-0.4, -0.2) is 22.6 Å². The van der Waals surface area contributed by atoms with Crippen LogP contribution in [0.3, 0.4) is 0 Å². The highest BCUT2D eigenvalue weighted by Crippen LogP contribution is 2.38. The molecule has 1 aromatic carbocycles. The quantitative estimate of drug-likeness (QED) is 0.708. The third-order valence-electron chi connectivity index (χ3n) is 5.60. The largest absolute Gasteiger partial charge is 0.481 e. The topological polar surface area (TPSA) is 62.2 Å². The zero-order valence-electron chi connectivity index (χ0n) is 15.8. The number of benzene rings is 1. The second-order valence-electron chi connectivity index (χ2n) is 7.49. The summed E-state index contributed by atoms with van der Waals surface area (Å²) in [4.78, 5) is 16.2. The number of aliphatic carboxylic acids is 1. The number of carboxylic acids is 1. The monoisotopic (exact) mass is 394 g/mol. The van der Waals surface area contributed by atoms with E-state index in [0.717, 1.165) is 18.9 Å². The number of hydrogen-bond donors (Lipinski definition) is 2. The van der Waals surface area contributed by atoms with Gasteiger partial charge in [-0.1, -0.05) is 38.0 Å². The molecule has 2 N–H and O–H groups in total. The van der Waals surface area contributed by atoms with Gasteiger partial charge in [-0.15, -0.1) is 0 Å². The van der Waals surface area contributed by atoms with Crippen LogP contribution in [0, 0.1) is 11.8 Å². The van der Waals surface area contributed by atoms with E-state index in [1.807, 2.05) is 6.92 Å². The van der Waals surface area contributed by atoms with Gasteiger partial charge < -0.3 is 10.4 Å². The number of rotatable bonds is 6. The summed E-state index contributed by atoms with van der Waals surface area (Å²) in [5, 5.41) is 12.9. The van der Waals surface area contributed by atoms with Crippen LogP contribution in [0.1, 0.15) is 56.3 Å². The van der Waals surface area contributed by atoms with Crippen LogP contribution in [0.5, 0.6) is 0 Å². The maximum Gasteiger partial charge on any atom is 0.417 e. The van der Waals surface area contributed by atoms with Crippen LogP contribution >= 0.6 is 0 Å². The first-order valence-electron chi connectivity index (χ1n) is 9.74. The van der Waals surface area contributed by atoms with E-state index in [1.165, 1.54) is 6.07 Å². The molecule has 1 aromatic heterocycles. The smallest absolute Gasteiger partial charge is 0.417 e. The SMILES string of the molecule is CCCCC(C(=O)O)C1CCNC(c2cc(C(F)(F)F)c3ccccc3n2)C1. The molecule has 0 amide bonds. The molecule has 1 saturated heterocycles. The van der Waals surface area contributed by atoms with E-state index in [-0.39, 0.29) is 17.3 Å². The molecule has 0 spiro atoms. The van der Waals surface area contributed by atoms with Gasteiger partial charge in [0.15, 0.2) is 0 Å². The highest BCUT2D eigenvalue weighted by molar-refractivity contribution is 5.83. The van der Waals surface area contributed by atoms with Crippen molar-refractivity contribution in [1.82, 2.24) is 10.3 Å². The van der Waals surface area contributed by atoms with E-state index < -0.39 is 23.6 Å². The van der Waals surface area contributed by atoms with Gasteiger partial charge in [-0.05, 0) is 43.9 Å². The van der Waals surface area contributed by atoms with Crippen LogP contribution in [0.2, 0.25) is 0 Å². The van der Waals surface area contributed by atoms with Gasteiger partial charge in [0, 0.05) is 11.4 Å². The Morgan fingerprint density at radius 2 is 2.11 bits per heavy atom. The molecule has 0 bridgehead atoms. The first-order chi connectivity index (χ1) is 13.3. The fourth-order valence-corrected chi connectivity index (χ4v) is 4.13. The molecule has 0 aliphatic carbocycles. The number of unbranched alkanes of at least 4 members (excludes halogenated alkanes) is 1. The first-order valence-corrected chi connectivity index (χ1v) is 9.74. The highest BCUT2D eigenvalue weighted by Gasteiger charge is 2.36. The van der Waals surface area contributed by atoms with E-state index in [0.29, 0.717) is 37.0 Å². The van der Waals surface area contributed by atoms with Crippen molar-refractivity contribution in [2.24, 2.45) is 11.8 Å². The number of nitrogens with one attached hydrogen (secondary N) is 1. The van der Waals surface area contributed by atoms with Gasteiger partial charge in [0.25, 0.3) is 0 Å². The molecule has 1 fully saturated rings. The van der Waals surface area contributed by atoms with Gasteiger partial charge in [0.05, 0.1) is 22.7 Å². The zero-order chi connectivity index (χ0) is 20.3. The number of fused-ring (bicyclic) bond motifs is 1. The minimum absolute atomic E-state index is 0.0714. The van der Waals surface area contributed by atoms with Gasteiger partial charge in [-0.25, -0.2) is 0 Å². The van der Waals surface area contributed by atoms with E-state index in [1.54, 1.807) is 18.2 Å². The number of halogens is 3. The standard InChI is InChI=1S/C21H25F3N2O2/c1-2-3-6-14(20(27)28)13-9-10-25-18(11-13)19-12-16(21(22,23)24)15-7-4-5-8-17(15)26-19/h4-5,7-8,12-14,18,25H,2-3,6,9-11H2,1H3,(H,27,28). The minimum Gasteiger partial charge on any atom is -0.481 e. The number of alkyl halides is 3. The van der Waals surface area contributed by atoms with E-state index in [9.17, 15) is 23.1 Å². The Hall–Kier alpha value is -2.15. The molecule has 7 heteroatoms. The number of carbonyl (C=O) groups is 1. The molecule has 3 unspecified atom stereocenters. The molecular formula is C21H25F3N2O2. The summed E-state index contributed by atoms with van der Waals surface area (Å²) in [7, 11) is 0. The van der Waals surface area contributed by atoms with Crippen LogP contribution in [-0.2, 0) is 11.0 Å². The highest BCUT2D eigenvalue weighted by atomic mass is 19.4. The van der Waals surface area contributed by atoms with Gasteiger partial charge in [0.1, 0.15) is 0 Å². The van der Waals surface area contributed by atoms with Gasteiger partial charge in [-0.2, -0.15) is 13.2 Å². The maximum absolute atomic E-state index is 13.6. The lowest BCUT2D eigenvalue weighted by Crippen LogP contribution is -2.37. The van der Waals surface area contributed by atoms with Crippen LogP contribution in [0.15, 0.2) is 30.3 Å². The Labute approximate surface area is 162 Å². The average Bonchev–Trinajstić information content (AvgIpc) is 2.66. The summed E-state index contributed by atoms with van der Waals surface area (Å²) in [5.41, 5.74) is -0.0647. The Balaban J connectivity index is 1.92. The van der Waals surface area contributed by atoms with Crippen LogP contribution in [0.25, 0.3) is 10.9 Å². The van der Waals surface area contributed by atoms with Crippen molar-refractivity contribution < 1.29 is 23.1 Å². The minimum atomic E-state index is -4.48. The van der Waals surface area contributed by atoms with Crippen molar-refractivity contribution in [2.45, 2.75) is 51.2 Å². The predicted molar refractivity (Wildman–Crippen MR) is 101 cm³/mol. The molecule has 0 radical (unpaired) electrons. The molecular weight excluding hydrogens is 369 g/mol. The van der Waals surface area contributed by atoms with Crippen molar-refractivity contribution in [3.05, 3.63) is 41.6 Å². The fraction of sp³-hybridized carbons (Fsp3) is 0.524. The summed E-state index contributed by atoms with van der Waals surface area (Å²) < 4.78 is 40.8. The van der Waals surface area contributed by atoms with Crippen molar-refractivity contribution in [2.75, 3.05) is 6.54 Å². The lowest BCUT2D eigenvalue weighted by Gasteiger charge is -2.34. The third-order valence-corrected chi connectivity index (χ3v) is 5.60. The molecule has 4 nitrogen and oxygen atoms in total. The third kappa shape index (κ3) is 4.46. The summed E-state index contributed by atoms with van der Waals surface area (Å²) in [6.45, 7) is 2.59. The fourth-order valence-electron chi connectivity index (χ4n) is 4.13. The molecule has 1 aliphatic rings. The van der Waals surface area contributed by atoms with Crippen molar-refractivity contribution in [1.29, 1.82) is 0 Å². The molecule has 1 aliphatic heterocycles. The zero-order valence-corrected chi connectivity index (χ0v) is 15.8. The van der Waals surface area contributed by atoms with Crippen molar-refractivity contribution >= 4 is 16.9 Å². The van der Waals surface area contributed by atoms with Gasteiger partial charge in [0.2, 0.25) is 0 Å². The summed E-state index contributed by atoms with van der Waals surface area (Å²) in [6.07, 6.45) is -0.949. The summed E-state index contributed by atoms with van der Waals surface area (Å²) >= 11 is 0. The number of nitrogens with zero attached hydrogens (tertiary/aromatic N) is 1.